The first kappa shape index (κ1) is 12.7. The largest absolute Gasteiger partial charge is 0.304 e. The number of hydrogen-bond acceptors (Lipinski definition) is 4. The summed E-state index contributed by atoms with van der Waals surface area (Å²) in [6.07, 6.45) is 1.75. The molecule has 1 heterocycles. The first-order chi connectivity index (χ1) is 8.72. The Labute approximate surface area is 109 Å². The minimum atomic E-state index is -0.446. The molecular formula is C13H12FN3S. The first-order valence-electron chi connectivity index (χ1n) is 5.52. The third-order valence-corrected chi connectivity index (χ3v) is 3.58. The van der Waals surface area contributed by atoms with E-state index < -0.39 is 5.82 Å². The van der Waals surface area contributed by atoms with E-state index in [-0.39, 0.29) is 11.6 Å². The van der Waals surface area contributed by atoms with Gasteiger partial charge in [0.25, 0.3) is 0 Å². The van der Waals surface area contributed by atoms with Crippen molar-refractivity contribution in [3.63, 3.8) is 0 Å². The number of nitriles is 1. The van der Waals surface area contributed by atoms with E-state index in [0.29, 0.717) is 12.1 Å². The van der Waals surface area contributed by atoms with Crippen molar-refractivity contribution in [1.82, 2.24) is 10.3 Å². The number of nitrogens with one attached hydrogen (secondary N) is 1. The average Bonchev–Trinajstić information content (AvgIpc) is 2.91. The molecule has 1 unspecified atom stereocenters. The predicted molar refractivity (Wildman–Crippen MR) is 68.5 cm³/mol. The quantitative estimate of drug-likeness (QED) is 0.920. The van der Waals surface area contributed by atoms with Crippen molar-refractivity contribution in [3.8, 4) is 6.07 Å². The van der Waals surface area contributed by atoms with E-state index in [1.807, 2.05) is 18.4 Å². The summed E-state index contributed by atoms with van der Waals surface area (Å²) >= 11 is 1.56. The molecule has 0 radical (unpaired) electrons. The number of benzene rings is 1. The third kappa shape index (κ3) is 2.73. The van der Waals surface area contributed by atoms with Crippen molar-refractivity contribution in [1.29, 1.82) is 5.26 Å². The molecule has 2 rings (SSSR count). The average molecular weight is 261 g/mol. The Kier molecular flexibility index (Phi) is 4.03. The molecule has 1 aromatic heterocycles. The Balaban J connectivity index is 2.05. The van der Waals surface area contributed by atoms with Crippen molar-refractivity contribution in [2.24, 2.45) is 0 Å². The molecule has 0 bridgehead atoms. The van der Waals surface area contributed by atoms with Crippen molar-refractivity contribution >= 4 is 11.3 Å². The lowest BCUT2D eigenvalue weighted by atomic mass is 10.1. The normalized spacial score (nSPS) is 12.1. The molecule has 0 saturated heterocycles. The Morgan fingerprint density at radius 2 is 2.39 bits per heavy atom. The van der Waals surface area contributed by atoms with E-state index in [1.54, 1.807) is 29.7 Å². The van der Waals surface area contributed by atoms with Gasteiger partial charge in [-0.3, -0.25) is 0 Å². The molecule has 0 fully saturated rings. The number of aromatic nitrogens is 1. The summed E-state index contributed by atoms with van der Waals surface area (Å²) in [5.41, 5.74) is 0.577. The zero-order valence-electron chi connectivity index (χ0n) is 9.85. The summed E-state index contributed by atoms with van der Waals surface area (Å²) < 4.78 is 13.8. The number of halogens is 1. The molecule has 0 aliphatic carbocycles. The van der Waals surface area contributed by atoms with Gasteiger partial charge in [-0.1, -0.05) is 12.1 Å². The maximum absolute atomic E-state index is 13.8. The highest BCUT2D eigenvalue weighted by atomic mass is 32.1. The molecule has 0 saturated carbocycles. The van der Waals surface area contributed by atoms with E-state index in [9.17, 15) is 4.39 Å². The van der Waals surface area contributed by atoms with Gasteiger partial charge in [-0.15, -0.1) is 11.3 Å². The molecule has 1 atom stereocenters. The zero-order valence-corrected chi connectivity index (χ0v) is 10.7. The van der Waals surface area contributed by atoms with Crippen molar-refractivity contribution in [2.45, 2.75) is 19.5 Å². The molecule has 3 nitrogen and oxygen atoms in total. The molecule has 0 amide bonds. The Morgan fingerprint density at radius 1 is 1.56 bits per heavy atom. The molecule has 1 N–H and O–H groups in total. The second-order valence-corrected chi connectivity index (χ2v) is 4.79. The van der Waals surface area contributed by atoms with Gasteiger partial charge in [-0.25, -0.2) is 9.37 Å². The maximum atomic E-state index is 13.8. The summed E-state index contributed by atoms with van der Waals surface area (Å²) in [6, 6.07) is 6.74. The van der Waals surface area contributed by atoms with Crippen molar-refractivity contribution < 1.29 is 4.39 Å². The van der Waals surface area contributed by atoms with Crippen LogP contribution in [0.1, 0.15) is 29.1 Å². The van der Waals surface area contributed by atoms with E-state index in [1.165, 1.54) is 6.07 Å². The van der Waals surface area contributed by atoms with Gasteiger partial charge >= 0.3 is 0 Å². The van der Waals surface area contributed by atoms with E-state index >= 15 is 0 Å². The van der Waals surface area contributed by atoms with E-state index in [4.69, 9.17) is 5.26 Å². The molecule has 0 aliphatic rings. The highest BCUT2D eigenvalue weighted by molar-refractivity contribution is 7.09. The lowest BCUT2D eigenvalue weighted by molar-refractivity contribution is 0.541. The topological polar surface area (TPSA) is 48.7 Å². The van der Waals surface area contributed by atoms with Crippen LogP contribution in [-0.2, 0) is 6.54 Å². The SMILES string of the molecule is CC(NCc1cccc(C#N)c1F)c1nccs1. The van der Waals surface area contributed by atoms with Crippen LogP contribution >= 0.6 is 11.3 Å². The fourth-order valence-electron chi connectivity index (χ4n) is 1.60. The lowest BCUT2D eigenvalue weighted by Crippen LogP contribution is -2.18. The van der Waals surface area contributed by atoms with Crippen LogP contribution in [0.5, 0.6) is 0 Å². The van der Waals surface area contributed by atoms with Gasteiger partial charge in [0, 0.05) is 23.7 Å². The fourth-order valence-corrected chi connectivity index (χ4v) is 2.27. The minimum absolute atomic E-state index is 0.0649. The third-order valence-electron chi connectivity index (χ3n) is 2.62. The number of thiazole rings is 1. The van der Waals surface area contributed by atoms with E-state index in [2.05, 4.69) is 10.3 Å². The monoisotopic (exact) mass is 261 g/mol. The molecule has 2 aromatic rings. The van der Waals surface area contributed by atoms with Crippen LogP contribution in [0.4, 0.5) is 4.39 Å². The Hall–Kier alpha value is -1.77. The molecule has 92 valence electrons. The van der Waals surface area contributed by atoms with Crippen molar-refractivity contribution in [3.05, 3.63) is 51.7 Å². The summed E-state index contributed by atoms with van der Waals surface area (Å²) in [7, 11) is 0. The van der Waals surface area contributed by atoms with Crippen LogP contribution in [-0.4, -0.2) is 4.98 Å². The van der Waals surface area contributed by atoms with Gasteiger partial charge in [0.15, 0.2) is 0 Å². The second kappa shape index (κ2) is 5.71. The van der Waals surface area contributed by atoms with Crippen LogP contribution in [0.2, 0.25) is 0 Å². The van der Waals surface area contributed by atoms with Crippen LogP contribution in [0.25, 0.3) is 0 Å². The summed E-state index contributed by atoms with van der Waals surface area (Å²) in [6.45, 7) is 2.35. The summed E-state index contributed by atoms with van der Waals surface area (Å²) in [4.78, 5) is 4.19. The maximum Gasteiger partial charge on any atom is 0.145 e. The van der Waals surface area contributed by atoms with E-state index in [0.717, 1.165) is 5.01 Å². The van der Waals surface area contributed by atoms with Gasteiger partial charge in [0.2, 0.25) is 0 Å². The molecular weight excluding hydrogens is 249 g/mol. The minimum Gasteiger partial charge on any atom is -0.304 e. The zero-order chi connectivity index (χ0) is 13.0. The highest BCUT2D eigenvalue weighted by Crippen LogP contribution is 2.17. The van der Waals surface area contributed by atoms with Crippen molar-refractivity contribution in [2.75, 3.05) is 0 Å². The molecule has 5 heteroatoms. The number of rotatable bonds is 4. The van der Waals surface area contributed by atoms with Crippen LogP contribution in [0.15, 0.2) is 29.8 Å². The molecule has 1 aromatic carbocycles. The first-order valence-corrected chi connectivity index (χ1v) is 6.40. The number of nitrogens with zero attached hydrogens (tertiary/aromatic N) is 2. The van der Waals surface area contributed by atoms with Gasteiger partial charge in [-0.2, -0.15) is 5.26 Å². The summed E-state index contributed by atoms with van der Waals surface area (Å²) in [5.74, 6) is -0.446. The van der Waals surface area contributed by atoms with Gasteiger partial charge in [-0.05, 0) is 13.0 Å². The smallest absolute Gasteiger partial charge is 0.145 e. The van der Waals surface area contributed by atoms with Gasteiger partial charge in [0.1, 0.15) is 16.9 Å². The molecule has 0 aliphatic heterocycles. The highest BCUT2D eigenvalue weighted by Gasteiger charge is 2.10. The number of hydrogen-bond donors (Lipinski definition) is 1. The van der Waals surface area contributed by atoms with Gasteiger partial charge < -0.3 is 5.32 Å². The van der Waals surface area contributed by atoms with Crippen LogP contribution in [0.3, 0.4) is 0 Å². The molecule has 18 heavy (non-hydrogen) atoms. The molecule has 0 spiro atoms. The van der Waals surface area contributed by atoms with Gasteiger partial charge in [0.05, 0.1) is 11.6 Å². The fraction of sp³-hybridized carbons (Fsp3) is 0.231. The second-order valence-electron chi connectivity index (χ2n) is 3.86. The standard InChI is InChI=1S/C13H12FN3S/c1-9(13-16-5-6-18-13)17-8-11-4-2-3-10(7-15)12(11)14/h2-6,9,17H,8H2,1H3. The van der Waals surface area contributed by atoms with Crippen LogP contribution in [0, 0.1) is 17.1 Å². The predicted octanol–water partition coefficient (Wildman–Crippen LogP) is 3.00. The summed E-state index contributed by atoms with van der Waals surface area (Å²) in [5, 5.41) is 14.8. The Bertz CT molecular complexity index is 560. The Morgan fingerprint density at radius 3 is 3.06 bits per heavy atom. The lowest BCUT2D eigenvalue weighted by Gasteiger charge is -2.11. The van der Waals surface area contributed by atoms with Crippen LogP contribution < -0.4 is 5.32 Å².